The van der Waals surface area contributed by atoms with Crippen LogP contribution in [0.15, 0.2) is 18.2 Å². The molecule has 4 aliphatic rings. The van der Waals surface area contributed by atoms with E-state index in [1.54, 1.807) is 7.11 Å². The molecule has 0 spiro atoms. The van der Waals surface area contributed by atoms with Crippen molar-refractivity contribution < 1.29 is 23.9 Å². The number of hydrogen-bond donors (Lipinski definition) is 2. The highest BCUT2D eigenvalue weighted by Gasteiger charge is 2.40. The maximum atomic E-state index is 14.9. The fourth-order valence-corrected chi connectivity index (χ4v) is 9.14. The number of hydrogen-bond acceptors (Lipinski definition) is 7. The lowest BCUT2D eigenvalue weighted by molar-refractivity contribution is -0.140. The van der Waals surface area contributed by atoms with Crippen molar-refractivity contribution in [2.75, 3.05) is 20.8 Å². The maximum absolute atomic E-state index is 14.9. The van der Waals surface area contributed by atoms with Gasteiger partial charge in [0, 0.05) is 54.4 Å². The van der Waals surface area contributed by atoms with Crippen LogP contribution in [0, 0.1) is 6.92 Å². The van der Waals surface area contributed by atoms with Gasteiger partial charge < -0.3 is 19.4 Å². The number of aromatic nitrogens is 4. The van der Waals surface area contributed by atoms with Gasteiger partial charge in [-0.25, -0.2) is 9.97 Å². The second kappa shape index (κ2) is 18.3. The highest BCUT2D eigenvalue weighted by Crippen LogP contribution is 2.45. The van der Waals surface area contributed by atoms with Crippen molar-refractivity contribution in [1.82, 2.24) is 24.8 Å². The van der Waals surface area contributed by atoms with Gasteiger partial charge in [-0.05, 0) is 87.4 Å². The number of ether oxygens (including phenoxy) is 2. The average Bonchev–Trinajstić information content (AvgIpc) is 3.88. The van der Waals surface area contributed by atoms with E-state index in [1.165, 1.54) is 57.0 Å². The Kier molecular flexibility index (Phi) is 13.5. The zero-order valence-corrected chi connectivity index (χ0v) is 35.7. The van der Waals surface area contributed by atoms with Crippen LogP contribution in [0.3, 0.4) is 0 Å². The van der Waals surface area contributed by atoms with Gasteiger partial charge >= 0.3 is 5.97 Å². The molecule has 10 heteroatoms. The third-order valence-corrected chi connectivity index (χ3v) is 12.7. The summed E-state index contributed by atoms with van der Waals surface area (Å²) in [4.78, 5) is 61.1. The number of methoxy groups -OCH3 is 2. The third kappa shape index (κ3) is 8.38. The molecule has 0 saturated carbocycles. The van der Waals surface area contributed by atoms with E-state index in [9.17, 15) is 14.4 Å². The summed E-state index contributed by atoms with van der Waals surface area (Å²) in [6.07, 6.45) is 12.8. The smallest absolute Gasteiger partial charge is 0.305 e. The number of carbonyl (C=O) groups excluding carboxylic acids is 3. The molecule has 6 rings (SSSR count). The second-order valence-electron chi connectivity index (χ2n) is 16.3. The van der Waals surface area contributed by atoms with Crippen LogP contribution in [0.1, 0.15) is 197 Å². The number of aryl methyl sites for hydroxylation is 1. The lowest BCUT2D eigenvalue weighted by atomic mass is 9.84. The van der Waals surface area contributed by atoms with E-state index < -0.39 is 0 Å². The van der Waals surface area contributed by atoms with Crippen molar-refractivity contribution in [2.45, 2.75) is 150 Å². The topological polar surface area (TPSA) is 130 Å². The lowest BCUT2D eigenvalue weighted by Gasteiger charge is -2.27. The molecule has 8 bridgehead atoms. The molecule has 6 heterocycles. The van der Waals surface area contributed by atoms with E-state index in [4.69, 9.17) is 19.4 Å². The van der Waals surface area contributed by atoms with Crippen LogP contribution in [0.4, 0.5) is 0 Å². The number of H-pyrrole nitrogens is 2. The molecule has 3 atom stereocenters. The van der Waals surface area contributed by atoms with Crippen LogP contribution < -0.4 is 0 Å². The minimum Gasteiger partial charge on any atom is -0.469 e. The van der Waals surface area contributed by atoms with Crippen molar-refractivity contribution in [2.24, 2.45) is 0 Å². The fraction of sp³-hybridized carbons (Fsp3) is 0.553. The van der Waals surface area contributed by atoms with Gasteiger partial charge in [-0.3, -0.25) is 19.3 Å². The Morgan fingerprint density at radius 1 is 0.807 bits per heavy atom. The van der Waals surface area contributed by atoms with E-state index >= 15 is 0 Å². The molecule has 10 nitrogen and oxygen atoms in total. The summed E-state index contributed by atoms with van der Waals surface area (Å²) >= 11 is 0. The summed E-state index contributed by atoms with van der Waals surface area (Å²) in [5.41, 5.74) is 12.1. The number of fused-ring (bicyclic) bond motifs is 8. The number of esters is 1. The molecule has 1 unspecified atom stereocenters. The van der Waals surface area contributed by atoms with E-state index in [0.717, 1.165) is 87.5 Å². The first-order chi connectivity index (χ1) is 27.4. The number of imide groups is 1. The summed E-state index contributed by atoms with van der Waals surface area (Å²) in [6.45, 7) is 15.0. The largest absolute Gasteiger partial charge is 0.469 e. The van der Waals surface area contributed by atoms with Crippen molar-refractivity contribution >= 4 is 51.1 Å². The standard InChI is InChI=1S/C47H63N5O5/c1-10-12-13-14-15-16-17-18-19-20-23-52-46(54)42-30(6)37-25-38-32(11-2)27(3)34(48-38)26-39-41(31(7)56-8)29(5)36(49-39)24-35-28(4)33(21-22-40(53)57-9)44(50-35)43(47(52)55)45(42)51-37/h24-26,28,31,33,50-51H,10-23H2,1-9H3/t28-,31?,33-/m0/s1. The lowest BCUT2D eigenvalue weighted by Crippen LogP contribution is -2.41. The zero-order valence-electron chi connectivity index (χ0n) is 35.7. The average molecular weight is 778 g/mol. The highest BCUT2D eigenvalue weighted by atomic mass is 16.5. The van der Waals surface area contributed by atoms with Crippen molar-refractivity contribution in [3.63, 3.8) is 0 Å². The molecule has 306 valence electrons. The summed E-state index contributed by atoms with van der Waals surface area (Å²) in [7, 11) is 3.11. The molecule has 0 fully saturated rings. The Balaban J connectivity index is 1.53. The van der Waals surface area contributed by atoms with E-state index in [-0.39, 0.29) is 42.1 Å². The Bertz CT molecular complexity index is 2150. The summed E-state index contributed by atoms with van der Waals surface area (Å²) in [5.74, 6) is -1.22. The molecule has 0 aliphatic carbocycles. The molecule has 0 radical (unpaired) electrons. The van der Waals surface area contributed by atoms with Crippen molar-refractivity contribution in [3.8, 4) is 0 Å². The van der Waals surface area contributed by atoms with Gasteiger partial charge in [-0.2, -0.15) is 0 Å². The molecule has 2 N–H and O–H groups in total. The number of amides is 2. The molecule has 57 heavy (non-hydrogen) atoms. The van der Waals surface area contributed by atoms with Crippen LogP contribution in [0.5, 0.6) is 0 Å². The molecular weight excluding hydrogens is 715 g/mol. The summed E-state index contributed by atoms with van der Waals surface area (Å²) < 4.78 is 10.9. The molecule has 0 aromatic carbocycles. The number of allylic oxidation sites excluding steroid dienone is 3. The minimum absolute atomic E-state index is 0.0979. The van der Waals surface area contributed by atoms with Crippen LogP contribution in [0.25, 0.3) is 33.3 Å². The number of nitrogens with one attached hydrogen (secondary N) is 2. The van der Waals surface area contributed by atoms with Crippen LogP contribution in [-0.4, -0.2) is 69.5 Å². The van der Waals surface area contributed by atoms with Crippen molar-refractivity contribution in [1.29, 1.82) is 0 Å². The first-order valence-corrected chi connectivity index (χ1v) is 21.4. The predicted molar refractivity (Wildman–Crippen MR) is 228 cm³/mol. The van der Waals surface area contributed by atoms with Crippen molar-refractivity contribution in [3.05, 3.63) is 69.1 Å². The predicted octanol–water partition coefficient (Wildman–Crippen LogP) is 11.0. The highest BCUT2D eigenvalue weighted by molar-refractivity contribution is 6.23. The summed E-state index contributed by atoms with van der Waals surface area (Å²) in [6, 6.07) is 6.15. The number of aromatic amines is 2. The zero-order chi connectivity index (χ0) is 41.0. The fourth-order valence-electron chi connectivity index (χ4n) is 9.14. The molecule has 2 aromatic rings. The first-order valence-electron chi connectivity index (χ1n) is 21.4. The second-order valence-corrected chi connectivity index (χ2v) is 16.3. The Morgan fingerprint density at radius 3 is 2.09 bits per heavy atom. The van der Waals surface area contributed by atoms with Gasteiger partial charge in [0.2, 0.25) is 0 Å². The SMILES string of the molecule is CCCCCCCCCCCCN1C(=O)c2c3[nH]c(cc4nc(cc5nc(cc6[nH]c2c(c6C)C1=O)C(CC)=C5C)C(C(C)OC)=C4C)[C@@H](C)[C@@H]3CCC(=O)OC. The molecule has 0 saturated heterocycles. The molecule has 2 amide bonds. The Labute approximate surface area is 338 Å². The van der Waals surface area contributed by atoms with Crippen LogP contribution in [-0.2, 0) is 14.3 Å². The quantitative estimate of drug-likeness (QED) is 0.0929. The van der Waals surface area contributed by atoms with Gasteiger partial charge in [0.15, 0.2) is 0 Å². The van der Waals surface area contributed by atoms with E-state index in [1.807, 2.05) is 19.9 Å². The number of carbonyl (C=O) groups is 3. The van der Waals surface area contributed by atoms with Crippen LogP contribution in [0.2, 0.25) is 0 Å². The Morgan fingerprint density at radius 2 is 1.44 bits per heavy atom. The van der Waals surface area contributed by atoms with Gasteiger partial charge in [0.25, 0.3) is 11.8 Å². The van der Waals surface area contributed by atoms with Gasteiger partial charge in [-0.1, -0.05) is 78.6 Å². The monoisotopic (exact) mass is 777 g/mol. The molecular formula is C47H63N5O5. The maximum Gasteiger partial charge on any atom is 0.305 e. The van der Waals surface area contributed by atoms with Gasteiger partial charge in [0.1, 0.15) is 0 Å². The summed E-state index contributed by atoms with van der Waals surface area (Å²) in [5, 5.41) is 0. The van der Waals surface area contributed by atoms with E-state index in [0.29, 0.717) is 35.3 Å². The minimum atomic E-state index is -0.314. The first kappa shape index (κ1) is 42.0. The number of rotatable bonds is 17. The van der Waals surface area contributed by atoms with Gasteiger partial charge in [0.05, 0.1) is 52.6 Å². The Hall–Kier alpha value is -4.57. The van der Waals surface area contributed by atoms with E-state index in [2.05, 4.69) is 56.7 Å². The third-order valence-electron chi connectivity index (χ3n) is 12.7. The molecule has 4 aliphatic heterocycles. The molecule has 2 aromatic heterocycles. The van der Waals surface area contributed by atoms with Gasteiger partial charge in [-0.15, -0.1) is 0 Å². The van der Waals surface area contributed by atoms with Crippen LogP contribution >= 0.6 is 0 Å². The number of unbranched alkanes of at least 4 members (excludes halogenated alkanes) is 9. The number of nitrogens with zero attached hydrogens (tertiary/aromatic N) is 3. The normalized spacial score (nSPS) is 17.8.